The van der Waals surface area contributed by atoms with E-state index in [0.717, 1.165) is 22.4 Å². The third kappa shape index (κ3) is 1.65. The van der Waals surface area contributed by atoms with Crippen LogP contribution in [0.1, 0.15) is 11.1 Å². The van der Waals surface area contributed by atoms with Crippen molar-refractivity contribution < 1.29 is 14.4 Å². The van der Waals surface area contributed by atoms with Gasteiger partial charge in [0, 0.05) is 24.7 Å². The lowest BCUT2D eigenvalue weighted by Crippen LogP contribution is -2.22. The number of hydrogen-bond donors (Lipinski definition) is 1. The van der Waals surface area contributed by atoms with E-state index in [2.05, 4.69) is 5.16 Å². The Morgan fingerprint density at radius 3 is 2.82 bits per heavy atom. The number of aromatic nitrogens is 1. The van der Waals surface area contributed by atoms with Gasteiger partial charge in [-0.25, -0.2) is 4.79 Å². The molecule has 0 fully saturated rings. The largest absolute Gasteiger partial charge is 0.465 e. The molecule has 1 N–H and O–H groups in total. The van der Waals surface area contributed by atoms with Gasteiger partial charge in [-0.15, -0.1) is 0 Å². The zero-order valence-corrected chi connectivity index (χ0v) is 8.96. The second kappa shape index (κ2) is 3.62. The molecule has 0 saturated heterocycles. The Labute approximate surface area is 97.3 Å². The first kappa shape index (κ1) is 9.89. The molecule has 1 aliphatic rings. The number of rotatable bonds is 1. The fraction of sp³-hybridized carbons (Fsp3) is 0.167. The number of nitrogens with zero attached hydrogens (tertiary/aromatic N) is 2. The van der Waals surface area contributed by atoms with Crippen molar-refractivity contribution in [3.05, 3.63) is 41.7 Å². The molecule has 1 aromatic heterocycles. The van der Waals surface area contributed by atoms with Crippen LogP contribution in [0, 0.1) is 0 Å². The highest BCUT2D eigenvalue weighted by molar-refractivity contribution is 5.67. The normalized spacial score (nSPS) is 13.8. The van der Waals surface area contributed by atoms with E-state index < -0.39 is 6.09 Å². The summed E-state index contributed by atoms with van der Waals surface area (Å²) in [6.07, 6.45) is 0.635. The lowest BCUT2D eigenvalue weighted by molar-refractivity contribution is 0.145. The molecule has 2 heterocycles. The highest BCUT2D eigenvalue weighted by atomic mass is 16.5. The standard InChI is InChI=1S/C12H10N2O3/c15-12(16)14-6-9-2-1-8(5-10(9)7-14)11-3-4-17-13-11/h1-5H,6-7H2,(H,15,16). The van der Waals surface area contributed by atoms with Crippen molar-refractivity contribution in [2.45, 2.75) is 13.1 Å². The molecule has 0 atom stereocenters. The van der Waals surface area contributed by atoms with Crippen LogP contribution in [-0.4, -0.2) is 21.3 Å². The lowest BCUT2D eigenvalue weighted by atomic mass is 10.0. The second-order valence-electron chi connectivity index (χ2n) is 4.01. The van der Waals surface area contributed by atoms with Gasteiger partial charge in [-0.2, -0.15) is 0 Å². The van der Waals surface area contributed by atoms with E-state index in [1.54, 1.807) is 6.07 Å². The number of carbonyl (C=O) groups is 1. The Morgan fingerprint density at radius 1 is 1.29 bits per heavy atom. The van der Waals surface area contributed by atoms with Crippen molar-refractivity contribution in [3.63, 3.8) is 0 Å². The summed E-state index contributed by atoms with van der Waals surface area (Å²) in [4.78, 5) is 12.3. The molecule has 86 valence electrons. The molecule has 1 aromatic carbocycles. The van der Waals surface area contributed by atoms with E-state index in [1.807, 2.05) is 18.2 Å². The minimum Gasteiger partial charge on any atom is -0.465 e. The molecule has 1 aliphatic heterocycles. The molecule has 17 heavy (non-hydrogen) atoms. The molecule has 0 bridgehead atoms. The number of amides is 1. The second-order valence-corrected chi connectivity index (χ2v) is 4.01. The van der Waals surface area contributed by atoms with Crippen molar-refractivity contribution in [2.24, 2.45) is 0 Å². The van der Waals surface area contributed by atoms with Crippen LogP contribution in [0.5, 0.6) is 0 Å². The molecule has 0 radical (unpaired) electrons. The predicted octanol–water partition coefficient (Wildman–Crippen LogP) is 2.34. The number of fused-ring (bicyclic) bond motifs is 1. The van der Waals surface area contributed by atoms with Crippen LogP contribution >= 0.6 is 0 Å². The zero-order chi connectivity index (χ0) is 11.8. The summed E-state index contributed by atoms with van der Waals surface area (Å²) in [6, 6.07) is 7.63. The van der Waals surface area contributed by atoms with Crippen LogP contribution in [0.2, 0.25) is 0 Å². The first-order valence-electron chi connectivity index (χ1n) is 5.24. The minimum absolute atomic E-state index is 0.441. The average Bonchev–Trinajstić information content (AvgIpc) is 2.97. The minimum atomic E-state index is -0.885. The maximum absolute atomic E-state index is 10.9. The fourth-order valence-corrected chi connectivity index (χ4v) is 2.05. The van der Waals surface area contributed by atoms with Gasteiger partial charge in [-0.05, 0) is 17.2 Å². The van der Waals surface area contributed by atoms with Gasteiger partial charge in [0.1, 0.15) is 12.0 Å². The Bertz CT molecular complexity index is 563. The van der Waals surface area contributed by atoms with E-state index in [1.165, 1.54) is 11.2 Å². The van der Waals surface area contributed by atoms with Gasteiger partial charge in [0.2, 0.25) is 0 Å². The van der Waals surface area contributed by atoms with E-state index in [-0.39, 0.29) is 0 Å². The van der Waals surface area contributed by atoms with Crippen LogP contribution in [0.25, 0.3) is 11.3 Å². The number of benzene rings is 1. The third-order valence-corrected chi connectivity index (χ3v) is 2.93. The van der Waals surface area contributed by atoms with Crippen LogP contribution in [0.3, 0.4) is 0 Å². The molecular weight excluding hydrogens is 220 g/mol. The lowest BCUT2D eigenvalue weighted by Gasteiger charge is -2.08. The van der Waals surface area contributed by atoms with Crippen LogP contribution in [-0.2, 0) is 13.1 Å². The van der Waals surface area contributed by atoms with Crippen molar-refractivity contribution in [2.75, 3.05) is 0 Å². The molecule has 1 amide bonds. The Morgan fingerprint density at radius 2 is 2.12 bits per heavy atom. The molecule has 3 rings (SSSR count). The molecule has 0 aliphatic carbocycles. The van der Waals surface area contributed by atoms with Gasteiger partial charge in [-0.1, -0.05) is 17.3 Å². The Kier molecular flexibility index (Phi) is 2.11. The molecule has 0 spiro atoms. The van der Waals surface area contributed by atoms with E-state index in [9.17, 15) is 4.79 Å². The highest BCUT2D eigenvalue weighted by Gasteiger charge is 2.23. The maximum Gasteiger partial charge on any atom is 0.407 e. The van der Waals surface area contributed by atoms with E-state index in [4.69, 9.17) is 9.63 Å². The first-order chi connectivity index (χ1) is 8.24. The summed E-state index contributed by atoms with van der Waals surface area (Å²) in [5.41, 5.74) is 3.80. The average molecular weight is 230 g/mol. The monoisotopic (exact) mass is 230 g/mol. The Balaban J connectivity index is 1.95. The smallest absolute Gasteiger partial charge is 0.407 e. The number of carboxylic acid groups (broad SMARTS) is 1. The zero-order valence-electron chi connectivity index (χ0n) is 8.96. The van der Waals surface area contributed by atoms with Crippen molar-refractivity contribution in [1.29, 1.82) is 0 Å². The SMILES string of the molecule is O=C(O)N1Cc2ccc(-c3ccon3)cc2C1. The van der Waals surface area contributed by atoms with E-state index in [0.29, 0.717) is 13.1 Å². The van der Waals surface area contributed by atoms with Crippen LogP contribution in [0.15, 0.2) is 35.1 Å². The van der Waals surface area contributed by atoms with Gasteiger partial charge in [0.15, 0.2) is 0 Å². The Hall–Kier alpha value is -2.30. The summed E-state index contributed by atoms with van der Waals surface area (Å²) in [5.74, 6) is 0. The van der Waals surface area contributed by atoms with Gasteiger partial charge in [-0.3, -0.25) is 4.90 Å². The molecule has 2 aromatic rings. The van der Waals surface area contributed by atoms with Crippen molar-refractivity contribution in [3.8, 4) is 11.3 Å². The fourth-order valence-electron chi connectivity index (χ4n) is 2.05. The molecule has 5 nitrogen and oxygen atoms in total. The van der Waals surface area contributed by atoms with Gasteiger partial charge >= 0.3 is 6.09 Å². The van der Waals surface area contributed by atoms with Crippen LogP contribution in [0.4, 0.5) is 4.79 Å². The van der Waals surface area contributed by atoms with Crippen molar-refractivity contribution in [1.82, 2.24) is 10.1 Å². The quantitative estimate of drug-likeness (QED) is 0.816. The number of hydrogen-bond acceptors (Lipinski definition) is 3. The molecule has 0 saturated carbocycles. The van der Waals surface area contributed by atoms with Crippen molar-refractivity contribution >= 4 is 6.09 Å². The van der Waals surface area contributed by atoms with Crippen LogP contribution < -0.4 is 0 Å². The topological polar surface area (TPSA) is 66.6 Å². The predicted molar refractivity (Wildman–Crippen MR) is 59.2 cm³/mol. The van der Waals surface area contributed by atoms with Gasteiger partial charge < -0.3 is 9.63 Å². The van der Waals surface area contributed by atoms with E-state index >= 15 is 0 Å². The summed E-state index contributed by atoms with van der Waals surface area (Å²) >= 11 is 0. The summed E-state index contributed by atoms with van der Waals surface area (Å²) < 4.78 is 4.79. The maximum atomic E-state index is 10.9. The third-order valence-electron chi connectivity index (χ3n) is 2.93. The van der Waals surface area contributed by atoms with Gasteiger partial charge in [0.05, 0.1) is 0 Å². The van der Waals surface area contributed by atoms with Gasteiger partial charge in [0.25, 0.3) is 0 Å². The first-order valence-corrected chi connectivity index (χ1v) is 5.24. The highest BCUT2D eigenvalue weighted by Crippen LogP contribution is 2.27. The molecule has 0 unspecified atom stereocenters. The summed E-state index contributed by atoms with van der Waals surface area (Å²) in [6.45, 7) is 0.903. The summed E-state index contributed by atoms with van der Waals surface area (Å²) in [5, 5.41) is 12.8. The molecular formula is C12H10N2O3. The summed E-state index contributed by atoms with van der Waals surface area (Å²) in [7, 11) is 0. The molecule has 5 heteroatoms.